The van der Waals surface area contributed by atoms with E-state index < -0.39 is 0 Å². The van der Waals surface area contributed by atoms with Crippen LogP contribution < -0.4 is 0 Å². The van der Waals surface area contributed by atoms with Gasteiger partial charge in [-0.2, -0.15) is 5.10 Å². The molecule has 1 fully saturated rings. The van der Waals surface area contributed by atoms with Gasteiger partial charge in [0.05, 0.1) is 11.8 Å². The van der Waals surface area contributed by atoms with Crippen molar-refractivity contribution in [3.05, 3.63) is 17.5 Å². The molecule has 16 heavy (non-hydrogen) atoms. The van der Waals surface area contributed by atoms with Gasteiger partial charge in [0.1, 0.15) is 5.78 Å². The molecule has 1 aliphatic heterocycles. The number of Topliss-reactive ketones (excluding diaryl/α,β-unsaturated/α-hetero) is 1. The molecular formula is C11H15N3O2. The van der Waals surface area contributed by atoms with E-state index >= 15 is 0 Å². The Morgan fingerprint density at radius 2 is 2.00 bits per heavy atom. The van der Waals surface area contributed by atoms with E-state index in [0.717, 1.165) is 5.69 Å². The standard InChI is InChI=1S/C11H15N3O2/c1-8-10(7-12-13(8)2)11(16)14-5-3-9(15)4-6-14/h7H,3-6H2,1-2H3. The number of piperidine rings is 1. The molecule has 2 rings (SSSR count). The Morgan fingerprint density at radius 3 is 2.50 bits per heavy atom. The van der Waals surface area contributed by atoms with Crippen LogP contribution in [0.4, 0.5) is 0 Å². The second kappa shape index (κ2) is 4.08. The van der Waals surface area contributed by atoms with E-state index in [9.17, 15) is 9.59 Å². The van der Waals surface area contributed by atoms with Crippen LogP contribution in [-0.4, -0.2) is 39.5 Å². The van der Waals surface area contributed by atoms with E-state index in [-0.39, 0.29) is 11.7 Å². The monoisotopic (exact) mass is 221 g/mol. The van der Waals surface area contributed by atoms with E-state index in [0.29, 0.717) is 31.5 Å². The van der Waals surface area contributed by atoms with Gasteiger partial charge in [0.15, 0.2) is 0 Å². The highest BCUT2D eigenvalue weighted by Gasteiger charge is 2.24. The molecule has 1 amide bonds. The summed E-state index contributed by atoms with van der Waals surface area (Å²) in [5.74, 6) is 0.227. The van der Waals surface area contributed by atoms with Gasteiger partial charge in [0, 0.05) is 38.7 Å². The first-order chi connectivity index (χ1) is 7.59. The van der Waals surface area contributed by atoms with Crippen molar-refractivity contribution >= 4 is 11.7 Å². The number of hydrogen-bond acceptors (Lipinski definition) is 3. The lowest BCUT2D eigenvalue weighted by atomic mass is 10.1. The van der Waals surface area contributed by atoms with E-state index in [1.807, 2.05) is 14.0 Å². The van der Waals surface area contributed by atoms with Crippen LogP contribution >= 0.6 is 0 Å². The lowest BCUT2D eigenvalue weighted by molar-refractivity contribution is -0.120. The fourth-order valence-electron chi connectivity index (χ4n) is 1.84. The lowest BCUT2D eigenvalue weighted by Crippen LogP contribution is -2.38. The molecule has 0 aromatic carbocycles. The molecule has 5 nitrogen and oxygen atoms in total. The molecule has 0 spiro atoms. The normalized spacial score (nSPS) is 16.6. The Balaban J connectivity index is 2.13. The number of aryl methyl sites for hydroxylation is 1. The molecule has 0 aliphatic carbocycles. The molecule has 86 valence electrons. The van der Waals surface area contributed by atoms with Crippen molar-refractivity contribution in [2.24, 2.45) is 7.05 Å². The summed E-state index contributed by atoms with van der Waals surface area (Å²) in [7, 11) is 1.81. The Hall–Kier alpha value is -1.65. The van der Waals surface area contributed by atoms with Crippen LogP contribution in [-0.2, 0) is 11.8 Å². The van der Waals surface area contributed by atoms with Crippen molar-refractivity contribution < 1.29 is 9.59 Å². The van der Waals surface area contributed by atoms with E-state index in [1.54, 1.807) is 15.8 Å². The first-order valence-corrected chi connectivity index (χ1v) is 5.39. The maximum Gasteiger partial charge on any atom is 0.257 e. The summed E-state index contributed by atoms with van der Waals surface area (Å²) in [6, 6.07) is 0. The predicted octanol–water partition coefficient (Wildman–Crippen LogP) is 0.534. The molecule has 2 heterocycles. The van der Waals surface area contributed by atoms with E-state index in [4.69, 9.17) is 0 Å². The van der Waals surface area contributed by atoms with Gasteiger partial charge >= 0.3 is 0 Å². The SMILES string of the molecule is Cc1c(C(=O)N2CCC(=O)CC2)cnn1C. The molecule has 0 atom stereocenters. The summed E-state index contributed by atoms with van der Waals surface area (Å²) in [5.41, 5.74) is 1.50. The number of aromatic nitrogens is 2. The molecule has 0 unspecified atom stereocenters. The van der Waals surface area contributed by atoms with Gasteiger partial charge in [0.25, 0.3) is 5.91 Å². The zero-order valence-electron chi connectivity index (χ0n) is 9.56. The minimum atomic E-state index is -0.0156. The number of carbonyl (C=O) groups excluding carboxylic acids is 2. The lowest BCUT2D eigenvalue weighted by Gasteiger charge is -2.25. The Bertz CT molecular complexity index is 426. The molecule has 0 saturated carbocycles. The van der Waals surface area contributed by atoms with Crippen molar-refractivity contribution in [3.8, 4) is 0 Å². The number of rotatable bonds is 1. The summed E-state index contributed by atoms with van der Waals surface area (Å²) in [5, 5.41) is 4.05. The van der Waals surface area contributed by atoms with Crippen LogP contribution in [0.2, 0.25) is 0 Å². The number of likely N-dealkylation sites (tertiary alicyclic amines) is 1. The molecule has 1 aromatic rings. The summed E-state index contributed by atoms with van der Waals surface area (Å²) in [4.78, 5) is 24.9. The first kappa shape index (κ1) is 10.9. The van der Waals surface area contributed by atoms with Gasteiger partial charge in [-0.15, -0.1) is 0 Å². The number of carbonyl (C=O) groups is 2. The van der Waals surface area contributed by atoms with Crippen LogP contribution in [0.3, 0.4) is 0 Å². The highest BCUT2D eigenvalue weighted by atomic mass is 16.2. The summed E-state index contributed by atoms with van der Waals surface area (Å²) in [6.45, 7) is 2.94. The highest BCUT2D eigenvalue weighted by Crippen LogP contribution is 2.13. The Kier molecular flexibility index (Phi) is 2.77. The first-order valence-electron chi connectivity index (χ1n) is 5.39. The quantitative estimate of drug-likeness (QED) is 0.695. The van der Waals surface area contributed by atoms with E-state index in [2.05, 4.69) is 5.10 Å². The summed E-state index contributed by atoms with van der Waals surface area (Å²) >= 11 is 0. The molecule has 5 heteroatoms. The van der Waals surface area contributed by atoms with Crippen molar-refractivity contribution in [1.29, 1.82) is 0 Å². The van der Waals surface area contributed by atoms with Crippen LogP contribution in [0.25, 0.3) is 0 Å². The van der Waals surface area contributed by atoms with Gasteiger partial charge in [-0.3, -0.25) is 14.3 Å². The van der Waals surface area contributed by atoms with Crippen molar-refractivity contribution in [2.45, 2.75) is 19.8 Å². The van der Waals surface area contributed by atoms with Gasteiger partial charge < -0.3 is 4.90 Å². The number of ketones is 1. The van der Waals surface area contributed by atoms with Crippen molar-refractivity contribution in [3.63, 3.8) is 0 Å². The summed E-state index contributed by atoms with van der Waals surface area (Å²) in [6.07, 6.45) is 2.55. The average molecular weight is 221 g/mol. The summed E-state index contributed by atoms with van der Waals surface area (Å²) < 4.78 is 1.68. The molecule has 0 N–H and O–H groups in total. The molecule has 0 bridgehead atoms. The molecule has 0 radical (unpaired) electrons. The van der Waals surface area contributed by atoms with Gasteiger partial charge in [-0.05, 0) is 6.92 Å². The maximum atomic E-state index is 12.1. The fourth-order valence-corrected chi connectivity index (χ4v) is 1.84. The van der Waals surface area contributed by atoms with Crippen molar-refractivity contribution in [1.82, 2.24) is 14.7 Å². The third-order valence-corrected chi connectivity index (χ3v) is 3.07. The largest absolute Gasteiger partial charge is 0.338 e. The minimum absolute atomic E-state index is 0.0156. The zero-order valence-corrected chi connectivity index (χ0v) is 9.56. The van der Waals surface area contributed by atoms with Crippen LogP contribution in [0, 0.1) is 6.92 Å². The molecular weight excluding hydrogens is 206 g/mol. The van der Waals surface area contributed by atoms with Crippen LogP contribution in [0.15, 0.2) is 6.20 Å². The number of nitrogens with zero attached hydrogens (tertiary/aromatic N) is 3. The van der Waals surface area contributed by atoms with Crippen LogP contribution in [0.5, 0.6) is 0 Å². The van der Waals surface area contributed by atoms with Gasteiger partial charge in [0.2, 0.25) is 0 Å². The second-order valence-corrected chi connectivity index (χ2v) is 4.10. The molecule has 1 saturated heterocycles. The maximum absolute atomic E-state index is 12.1. The number of hydrogen-bond donors (Lipinski definition) is 0. The smallest absolute Gasteiger partial charge is 0.257 e. The Morgan fingerprint density at radius 1 is 1.38 bits per heavy atom. The number of amides is 1. The topological polar surface area (TPSA) is 55.2 Å². The predicted molar refractivity (Wildman–Crippen MR) is 58.1 cm³/mol. The molecule has 1 aromatic heterocycles. The third kappa shape index (κ3) is 1.85. The minimum Gasteiger partial charge on any atom is -0.338 e. The highest BCUT2D eigenvalue weighted by molar-refractivity contribution is 5.96. The Labute approximate surface area is 94.0 Å². The van der Waals surface area contributed by atoms with Crippen molar-refractivity contribution in [2.75, 3.05) is 13.1 Å². The average Bonchev–Trinajstić information content (AvgIpc) is 2.60. The zero-order chi connectivity index (χ0) is 11.7. The molecule has 1 aliphatic rings. The second-order valence-electron chi connectivity index (χ2n) is 4.10. The van der Waals surface area contributed by atoms with Gasteiger partial charge in [-0.1, -0.05) is 0 Å². The third-order valence-electron chi connectivity index (χ3n) is 3.07. The fraction of sp³-hybridized carbons (Fsp3) is 0.545. The van der Waals surface area contributed by atoms with E-state index in [1.165, 1.54) is 0 Å². The van der Waals surface area contributed by atoms with Crippen LogP contribution in [0.1, 0.15) is 28.9 Å². The van der Waals surface area contributed by atoms with Gasteiger partial charge in [-0.25, -0.2) is 0 Å².